The van der Waals surface area contributed by atoms with Crippen LogP contribution < -0.4 is 4.90 Å². The number of nitrogens with zero attached hydrogens (tertiary/aromatic N) is 3. The number of amides is 1. The molecule has 0 radical (unpaired) electrons. The lowest BCUT2D eigenvalue weighted by molar-refractivity contribution is -0.107. The van der Waals surface area contributed by atoms with Gasteiger partial charge in [-0.05, 0) is 61.9 Å². The van der Waals surface area contributed by atoms with E-state index in [1.807, 2.05) is 19.1 Å². The molecule has 1 amide bonds. The van der Waals surface area contributed by atoms with Crippen LogP contribution in [0.15, 0.2) is 35.4 Å². The standard InChI is InChI=1S/C20H23N3O3S/c1-15-11-18(27(25,26)23-9-2-3-10-23)13-21-20(15)17-6-7-19-16(12-17)5-4-8-22(19)14-24/h6-7,11-14H,2-5,8-10H2,1H3. The number of rotatable bonds is 4. The highest BCUT2D eigenvalue weighted by Crippen LogP contribution is 2.32. The Hall–Kier alpha value is -2.25. The van der Waals surface area contributed by atoms with Crippen molar-refractivity contribution in [3.63, 3.8) is 0 Å². The molecule has 0 spiro atoms. The van der Waals surface area contributed by atoms with E-state index in [1.54, 1.807) is 11.0 Å². The van der Waals surface area contributed by atoms with E-state index in [-0.39, 0.29) is 4.90 Å². The van der Waals surface area contributed by atoms with Crippen molar-refractivity contribution in [1.29, 1.82) is 0 Å². The van der Waals surface area contributed by atoms with Gasteiger partial charge in [0.05, 0.1) is 5.69 Å². The highest BCUT2D eigenvalue weighted by molar-refractivity contribution is 7.89. The number of hydrogen-bond donors (Lipinski definition) is 0. The molecule has 0 atom stereocenters. The molecule has 0 N–H and O–H groups in total. The van der Waals surface area contributed by atoms with E-state index in [2.05, 4.69) is 11.1 Å². The Morgan fingerprint density at radius 3 is 2.56 bits per heavy atom. The maximum absolute atomic E-state index is 12.7. The van der Waals surface area contributed by atoms with Gasteiger partial charge < -0.3 is 4.90 Å². The zero-order valence-electron chi connectivity index (χ0n) is 15.4. The largest absolute Gasteiger partial charge is 0.315 e. The van der Waals surface area contributed by atoms with Gasteiger partial charge in [-0.2, -0.15) is 4.31 Å². The van der Waals surface area contributed by atoms with Crippen LogP contribution >= 0.6 is 0 Å². The van der Waals surface area contributed by atoms with Crippen molar-refractivity contribution >= 4 is 22.1 Å². The molecule has 0 unspecified atom stereocenters. The topological polar surface area (TPSA) is 70.6 Å². The lowest BCUT2D eigenvalue weighted by Gasteiger charge is -2.26. The van der Waals surface area contributed by atoms with Crippen molar-refractivity contribution in [2.45, 2.75) is 37.5 Å². The lowest BCUT2D eigenvalue weighted by Crippen LogP contribution is -2.28. The van der Waals surface area contributed by atoms with Gasteiger partial charge in [0.2, 0.25) is 16.4 Å². The summed E-state index contributed by atoms with van der Waals surface area (Å²) in [5, 5.41) is 0. The Morgan fingerprint density at radius 1 is 1.07 bits per heavy atom. The van der Waals surface area contributed by atoms with Gasteiger partial charge in [-0.25, -0.2) is 8.42 Å². The number of aromatic nitrogens is 1. The molecule has 1 saturated heterocycles. The van der Waals surface area contributed by atoms with E-state index in [9.17, 15) is 13.2 Å². The van der Waals surface area contributed by atoms with Crippen LogP contribution in [0.2, 0.25) is 0 Å². The van der Waals surface area contributed by atoms with Crippen LogP contribution in [0, 0.1) is 6.92 Å². The molecule has 27 heavy (non-hydrogen) atoms. The van der Waals surface area contributed by atoms with Gasteiger partial charge in [0, 0.05) is 37.1 Å². The summed E-state index contributed by atoms with van der Waals surface area (Å²) < 4.78 is 27.0. The summed E-state index contributed by atoms with van der Waals surface area (Å²) in [5.74, 6) is 0. The molecule has 4 rings (SSSR count). The van der Waals surface area contributed by atoms with Gasteiger partial charge >= 0.3 is 0 Å². The normalized spacial score (nSPS) is 17.7. The minimum absolute atomic E-state index is 0.260. The van der Waals surface area contributed by atoms with Crippen molar-refractivity contribution < 1.29 is 13.2 Å². The molecule has 3 heterocycles. The van der Waals surface area contributed by atoms with Crippen LogP contribution in [-0.2, 0) is 21.2 Å². The van der Waals surface area contributed by atoms with Gasteiger partial charge in [0.15, 0.2) is 0 Å². The van der Waals surface area contributed by atoms with E-state index in [0.717, 1.165) is 66.7 Å². The van der Waals surface area contributed by atoms with Gasteiger partial charge in [-0.3, -0.25) is 9.78 Å². The number of carbonyl (C=O) groups excluding carboxylic acids is 1. The number of sulfonamides is 1. The van der Waals surface area contributed by atoms with E-state index in [4.69, 9.17) is 0 Å². The first kappa shape index (κ1) is 18.1. The molecule has 1 aromatic heterocycles. The third-order valence-corrected chi connectivity index (χ3v) is 7.25. The van der Waals surface area contributed by atoms with Crippen molar-refractivity contribution in [1.82, 2.24) is 9.29 Å². The van der Waals surface area contributed by atoms with Crippen LogP contribution in [0.4, 0.5) is 5.69 Å². The molecule has 6 nitrogen and oxygen atoms in total. The first-order valence-electron chi connectivity index (χ1n) is 9.33. The van der Waals surface area contributed by atoms with Gasteiger partial charge in [0.25, 0.3) is 0 Å². The van der Waals surface area contributed by atoms with Crippen molar-refractivity contribution in [2.75, 3.05) is 24.5 Å². The maximum Gasteiger partial charge on any atom is 0.244 e. The molecular formula is C20H23N3O3S. The van der Waals surface area contributed by atoms with Crippen molar-refractivity contribution in [2.24, 2.45) is 0 Å². The molecule has 0 saturated carbocycles. The molecular weight excluding hydrogens is 362 g/mol. The number of benzene rings is 1. The fourth-order valence-electron chi connectivity index (χ4n) is 3.95. The highest BCUT2D eigenvalue weighted by atomic mass is 32.2. The first-order valence-corrected chi connectivity index (χ1v) is 10.8. The summed E-state index contributed by atoms with van der Waals surface area (Å²) in [7, 11) is -3.46. The summed E-state index contributed by atoms with van der Waals surface area (Å²) in [5.41, 5.74) is 4.63. The zero-order valence-corrected chi connectivity index (χ0v) is 16.2. The zero-order chi connectivity index (χ0) is 19.0. The van der Waals surface area contributed by atoms with Gasteiger partial charge in [-0.15, -0.1) is 0 Å². The molecule has 1 aromatic carbocycles. The molecule has 2 aromatic rings. The highest BCUT2D eigenvalue weighted by Gasteiger charge is 2.28. The molecule has 1 fully saturated rings. The van der Waals surface area contributed by atoms with Gasteiger partial charge in [-0.1, -0.05) is 6.07 Å². The quantitative estimate of drug-likeness (QED) is 0.759. The Morgan fingerprint density at radius 2 is 1.85 bits per heavy atom. The molecule has 2 aliphatic rings. The number of carbonyl (C=O) groups is 1. The average molecular weight is 385 g/mol. The second kappa shape index (κ2) is 7.05. The molecule has 7 heteroatoms. The van der Waals surface area contributed by atoms with Crippen LogP contribution in [0.3, 0.4) is 0 Å². The summed E-state index contributed by atoms with van der Waals surface area (Å²) in [4.78, 5) is 17.7. The Labute approximate surface area is 159 Å². The summed E-state index contributed by atoms with van der Waals surface area (Å²) in [6.07, 6.45) is 6.03. The van der Waals surface area contributed by atoms with Gasteiger partial charge in [0.1, 0.15) is 4.90 Å². The average Bonchev–Trinajstić information content (AvgIpc) is 3.22. The van der Waals surface area contributed by atoms with E-state index in [1.165, 1.54) is 10.5 Å². The SMILES string of the molecule is Cc1cc(S(=O)(=O)N2CCCC2)cnc1-c1ccc2c(c1)CCCN2C=O. The summed E-state index contributed by atoms with van der Waals surface area (Å²) in [6.45, 7) is 3.81. The van der Waals surface area contributed by atoms with Crippen LogP contribution in [0.5, 0.6) is 0 Å². The summed E-state index contributed by atoms with van der Waals surface area (Å²) in [6, 6.07) is 7.68. The Balaban J connectivity index is 1.68. The van der Waals surface area contributed by atoms with Crippen molar-refractivity contribution in [3.05, 3.63) is 41.6 Å². The Bertz CT molecular complexity index is 982. The van der Waals surface area contributed by atoms with Crippen LogP contribution in [0.25, 0.3) is 11.3 Å². The molecule has 0 bridgehead atoms. The molecule has 2 aliphatic heterocycles. The third-order valence-electron chi connectivity index (χ3n) is 5.39. The lowest BCUT2D eigenvalue weighted by atomic mass is 9.97. The van der Waals surface area contributed by atoms with Crippen LogP contribution in [0.1, 0.15) is 30.4 Å². The fraction of sp³-hybridized carbons (Fsp3) is 0.400. The molecule has 0 aliphatic carbocycles. The van der Waals surface area contributed by atoms with Crippen LogP contribution in [-0.4, -0.2) is 43.8 Å². The second-order valence-electron chi connectivity index (χ2n) is 7.19. The maximum atomic E-state index is 12.7. The predicted molar refractivity (Wildman–Crippen MR) is 104 cm³/mol. The Kier molecular flexibility index (Phi) is 4.74. The third kappa shape index (κ3) is 3.26. The first-order chi connectivity index (χ1) is 13.0. The number of pyridine rings is 1. The number of fused-ring (bicyclic) bond motifs is 1. The van der Waals surface area contributed by atoms with Crippen molar-refractivity contribution in [3.8, 4) is 11.3 Å². The van der Waals surface area contributed by atoms with E-state index >= 15 is 0 Å². The second-order valence-corrected chi connectivity index (χ2v) is 9.13. The van der Waals surface area contributed by atoms with E-state index in [0.29, 0.717) is 13.1 Å². The number of hydrogen-bond acceptors (Lipinski definition) is 4. The smallest absolute Gasteiger partial charge is 0.244 e. The minimum atomic E-state index is -3.46. The fourth-order valence-corrected chi connectivity index (χ4v) is 5.50. The monoisotopic (exact) mass is 385 g/mol. The summed E-state index contributed by atoms with van der Waals surface area (Å²) >= 11 is 0. The number of aryl methyl sites for hydroxylation is 2. The predicted octanol–water partition coefficient (Wildman–Crippen LogP) is 2.75. The molecule has 142 valence electrons. The van der Waals surface area contributed by atoms with E-state index < -0.39 is 10.0 Å². The minimum Gasteiger partial charge on any atom is -0.315 e. The number of anilines is 1.